The highest BCUT2D eigenvalue weighted by molar-refractivity contribution is 5.88. The lowest BCUT2D eigenvalue weighted by Crippen LogP contribution is -2.35. The molecule has 0 aliphatic heterocycles. The second kappa shape index (κ2) is 15.5. The van der Waals surface area contributed by atoms with Gasteiger partial charge >= 0.3 is 6.09 Å². The van der Waals surface area contributed by atoms with Crippen LogP contribution < -0.4 is 15.4 Å². The minimum atomic E-state index is -0.543. The number of nitrogens with zero attached hydrogens (tertiary/aromatic N) is 1. The molecule has 9 nitrogen and oxygen atoms in total. The smallest absolute Gasteiger partial charge is 0.407 e. The standard InChI is InChI=1S/C32H42FN3O6/c1-21(2)28(29(37)34-14-16-40-18-19-41-17-15-35-31(38)42-32(3,4)5)24-12-13-27(36-30(24)39-6)23-11-10-22-8-7-9-26(33)25(22)20-23/h7-13,20-21,28H,14-19H2,1-6H3,(H,34,37)(H,35,38). The van der Waals surface area contributed by atoms with Crippen molar-refractivity contribution < 1.29 is 32.9 Å². The van der Waals surface area contributed by atoms with E-state index in [9.17, 15) is 14.0 Å². The van der Waals surface area contributed by atoms with Crippen LogP contribution in [0.3, 0.4) is 0 Å². The number of hydrogen-bond donors (Lipinski definition) is 2. The molecule has 3 aromatic rings. The molecule has 0 aliphatic carbocycles. The van der Waals surface area contributed by atoms with Crippen molar-refractivity contribution in [2.75, 3.05) is 46.6 Å². The summed E-state index contributed by atoms with van der Waals surface area (Å²) in [4.78, 5) is 29.4. The third-order valence-electron chi connectivity index (χ3n) is 6.32. The molecule has 0 saturated heterocycles. The lowest BCUT2D eigenvalue weighted by molar-refractivity contribution is -0.123. The van der Waals surface area contributed by atoms with Crippen molar-refractivity contribution in [2.45, 2.75) is 46.1 Å². The fourth-order valence-corrected chi connectivity index (χ4v) is 4.43. The van der Waals surface area contributed by atoms with Crippen molar-refractivity contribution in [3.63, 3.8) is 0 Å². The second-order valence-corrected chi connectivity index (χ2v) is 11.1. The van der Waals surface area contributed by atoms with Crippen molar-refractivity contribution in [1.82, 2.24) is 15.6 Å². The highest BCUT2D eigenvalue weighted by Crippen LogP contribution is 2.34. The number of amides is 2. The number of benzene rings is 2. The number of methoxy groups -OCH3 is 1. The molecule has 1 heterocycles. The van der Waals surface area contributed by atoms with Crippen LogP contribution >= 0.6 is 0 Å². The number of ether oxygens (including phenoxy) is 4. The SMILES string of the molecule is COc1nc(-c2ccc3cccc(F)c3c2)ccc1C(C(=O)NCCOCCOCCNC(=O)OC(C)(C)C)C(C)C. The molecule has 1 aromatic heterocycles. The summed E-state index contributed by atoms with van der Waals surface area (Å²) in [6.45, 7) is 11.4. The number of pyridine rings is 1. The van der Waals surface area contributed by atoms with Gasteiger partial charge in [-0.2, -0.15) is 0 Å². The number of alkyl carbamates (subject to hydrolysis) is 1. The topological polar surface area (TPSA) is 108 Å². The first-order valence-electron chi connectivity index (χ1n) is 14.1. The zero-order valence-electron chi connectivity index (χ0n) is 25.3. The number of aromatic nitrogens is 1. The third-order valence-corrected chi connectivity index (χ3v) is 6.32. The van der Waals surface area contributed by atoms with Crippen LogP contribution in [-0.2, 0) is 19.0 Å². The van der Waals surface area contributed by atoms with Gasteiger partial charge in [-0.05, 0) is 50.3 Å². The molecule has 0 radical (unpaired) electrons. The minimum Gasteiger partial charge on any atom is -0.481 e. The van der Waals surface area contributed by atoms with E-state index in [0.29, 0.717) is 62.0 Å². The number of carbonyl (C=O) groups is 2. The summed E-state index contributed by atoms with van der Waals surface area (Å²) in [6.07, 6.45) is -0.483. The number of rotatable bonds is 14. The largest absolute Gasteiger partial charge is 0.481 e. The van der Waals surface area contributed by atoms with Crippen LogP contribution in [0.4, 0.5) is 9.18 Å². The van der Waals surface area contributed by atoms with Gasteiger partial charge in [-0.25, -0.2) is 14.2 Å². The van der Waals surface area contributed by atoms with Crippen LogP contribution in [0.2, 0.25) is 0 Å². The lowest BCUT2D eigenvalue weighted by atomic mass is 9.87. The fourth-order valence-electron chi connectivity index (χ4n) is 4.43. The Morgan fingerprint density at radius 3 is 2.26 bits per heavy atom. The van der Waals surface area contributed by atoms with E-state index in [0.717, 1.165) is 10.9 Å². The van der Waals surface area contributed by atoms with E-state index >= 15 is 0 Å². The number of hydrogen-bond acceptors (Lipinski definition) is 7. The first-order valence-corrected chi connectivity index (χ1v) is 14.1. The average molecular weight is 584 g/mol. The van der Waals surface area contributed by atoms with E-state index in [4.69, 9.17) is 18.9 Å². The van der Waals surface area contributed by atoms with E-state index in [2.05, 4.69) is 15.6 Å². The van der Waals surface area contributed by atoms with E-state index in [1.54, 1.807) is 32.9 Å². The summed E-state index contributed by atoms with van der Waals surface area (Å²) in [5.74, 6) is -0.608. The highest BCUT2D eigenvalue weighted by Gasteiger charge is 2.28. The highest BCUT2D eigenvalue weighted by atomic mass is 19.1. The van der Waals surface area contributed by atoms with E-state index < -0.39 is 17.6 Å². The number of halogens is 1. The molecule has 3 rings (SSSR count). The Bertz CT molecular complexity index is 1340. The molecule has 0 fully saturated rings. The van der Waals surface area contributed by atoms with Gasteiger partial charge in [-0.15, -0.1) is 0 Å². The molecule has 0 aliphatic rings. The first kappa shape index (κ1) is 32.8. The summed E-state index contributed by atoms with van der Waals surface area (Å²) in [6, 6.07) is 14.2. The summed E-state index contributed by atoms with van der Waals surface area (Å²) in [7, 11) is 1.52. The Balaban J connectivity index is 1.48. The Labute approximate surface area is 247 Å². The van der Waals surface area contributed by atoms with Gasteiger partial charge in [0.25, 0.3) is 0 Å². The molecule has 2 aromatic carbocycles. The molecule has 42 heavy (non-hydrogen) atoms. The second-order valence-electron chi connectivity index (χ2n) is 11.1. The molecule has 2 amide bonds. The van der Waals surface area contributed by atoms with Gasteiger partial charge in [0.2, 0.25) is 11.8 Å². The predicted octanol–water partition coefficient (Wildman–Crippen LogP) is 5.46. The van der Waals surface area contributed by atoms with Crippen LogP contribution in [0, 0.1) is 11.7 Å². The quantitative estimate of drug-likeness (QED) is 0.243. The normalized spacial score (nSPS) is 12.3. The Kier molecular flexibility index (Phi) is 12.1. The summed E-state index contributed by atoms with van der Waals surface area (Å²) < 4.78 is 36.1. The first-order chi connectivity index (χ1) is 20.0. The van der Waals surface area contributed by atoms with Gasteiger partial charge in [-0.1, -0.05) is 44.2 Å². The predicted molar refractivity (Wildman–Crippen MR) is 160 cm³/mol. The van der Waals surface area contributed by atoms with Crippen molar-refractivity contribution in [3.8, 4) is 17.1 Å². The number of nitrogens with one attached hydrogen (secondary N) is 2. The Morgan fingerprint density at radius 2 is 1.62 bits per heavy atom. The third kappa shape index (κ3) is 9.66. The molecule has 1 unspecified atom stereocenters. The molecule has 1 atom stereocenters. The lowest BCUT2D eigenvalue weighted by Gasteiger charge is -2.22. The Hall–Kier alpha value is -3.76. The van der Waals surface area contributed by atoms with Crippen molar-refractivity contribution in [1.29, 1.82) is 0 Å². The molecule has 0 spiro atoms. The summed E-state index contributed by atoms with van der Waals surface area (Å²) >= 11 is 0. The maximum absolute atomic E-state index is 14.4. The van der Waals surface area contributed by atoms with Crippen LogP contribution in [0.1, 0.15) is 46.1 Å². The molecule has 228 valence electrons. The minimum absolute atomic E-state index is 0.0232. The van der Waals surface area contributed by atoms with Crippen LogP contribution in [0.25, 0.3) is 22.0 Å². The molecular formula is C32H42FN3O6. The van der Waals surface area contributed by atoms with Crippen molar-refractivity contribution in [3.05, 3.63) is 59.9 Å². The summed E-state index contributed by atoms with van der Waals surface area (Å²) in [5, 5.41) is 6.89. The van der Waals surface area contributed by atoms with Crippen LogP contribution in [0.5, 0.6) is 5.88 Å². The number of fused-ring (bicyclic) bond motifs is 1. The van der Waals surface area contributed by atoms with Gasteiger partial charge in [-0.3, -0.25) is 4.79 Å². The van der Waals surface area contributed by atoms with Crippen molar-refractivity contribution in [2.24, 2.45) is 5.92 Å². The zero-order chi connectivity index (χ0) is 30.7. The maximum Gasteiger partial charge on any atom is 0.407 e. The zero-order valence-corrected chi connectivity index (χ0v) is 25.3. The molecular weight excluding hydrogens is 541 g/mol. The van der Waals surface area contributed by atoms with Gasteiger partial charge in [0.1, 0.15) is 11.4 Å². The van der Waals surface area contributed by atoms with Gasteiger partial charge in [0, 0.05) is 29.6 Å². The van der Waals surface area contributed by atoms with Gasteiger partial charge in [0.15, 0.2) is 0 Å². The molecule has 0 bridgehead atoms. The Morgan fingerprint density at radius 1 is 0.929 bits per heavy atom. The molecule has 10 heteroatoms. The molecule has 0 saturated carbocycles. The van der Waals surface area contributed by atoms with E-state index in [1.807, 2.05) is 44.2 Å². The van der Waals surface area contributed by atoms with E-state index in [1.165, 1.54) is 13.2 Å². The fraction of sp³-hybridized carbons (Fsp3) is 0.469. The monoisotopic (exact) mass is 583 g/mol. The maximum atomic E-state index is 14.4. The van der Waals surface area contributed by atoms with Crippen molar-refractivity contribution >= 4 is 22.8 Å². The summed E-state index contributed by atoms with van der Waals surface area (Å²) in [5.41, 5.74) is 1.51. The van der Waals surface area contributed by atoms with E-state index in [-0.39, 0.29) is 17.6 Å². The van der Waals surface area contributed by atoms with Crippen LogP contribution in [-0.4, -0.2) is 69.2 Å². The van der Waals surface area contributed by atoms with Gasteiger partial charge in [0.05, 0.1) is 45.1 Å². The van der Waals surface area contributed by atoms with Crippen LogP contribution in [0.15, 0.2) is 48.5 Å². The number of carbonyl (C=O) groups excluding carboxylic acids is 2. The van der Waals surface area contributed by atoms with Gasteiger partial charge < -0.3 is 29.6 Å². The average Bonchev–Trinajstić information content (AvgIpc) is 2.93. The molecule has 2 N–H and O–H groups in total.